The zero-order valence-corrected chi connectivity index (χ0v) is 13.1. The first-order valence-corrected chi connectivity index (χ1v) is 8.08. The first-order chi connectivity index (χ1) is 11.3. The predicted molar refractivity (Wildman–Crippen MR) is 80.1 cm³/mol. The molecule has 0 saturated carbocycles. The van der Waals surface area contributed by atoms with E-state index in [1.54, 1.807) is 0 Å². The molecule has 0 radical (unpaired) electrons. The first-order valence-electron chi connectivity index (χ1n) is 8.08. The van der Waals surface area contributed by atoms with E-state index in [1.165, 1.54) is 4.90 Å². The highest BCUT2D eigenvalue weighted by atomic mass is 19.4. The van der Waals surface area contributed by atoms with Gasteiger partial charge in [0.2, 0.25) is 0 Å². The molecular weight excluding hydrogens is 323 g/mol. The lowest BCUT2D eigenvalue weighted by atomic mass is 9.75. The van der Waals surface area contributed by atoms with Gasteiger partial charge in [0.25, 0.3) is 0 Å². The molecule has 2 aliphatic heterocycles. The fourth-order valence-corrected chi connectivity index (χ4v) is 3.75. The molecule has 1 N–H and O–H groups in total. The van der Waals surface area contributed by atoms with Gasteiger partial charge in [-0.15, -0.1) is 0 Å². The van der Waals surface area contributed by atoms with Crippen LogP contribution in [-0.2, 0) is 11.3 Å². The largest absolute Gasteiger partial charge is 0.445 e. The summed E-state index contributed by atoms with van der Waals surface area (Å²) in [6.07, 6.45) is -4.57. The Morgan fingerprint density at radius 1 is 1.21 bits per heavy atom. The van der Waals surface area contributed by atoms with E-state index in [0.29, 0.717) is 12.8 Å². The number of carbonyl (C=O) groups is 1. The number of halogens is 3. The van der Waals surface area contributed by atoms with Gasteiger partial charge in [-0.3, -0.25) is 0 Å². The third-order valence-corrected chi connectivity index (χ3v) is 4.95. The number of benzene rings is 1. The molecule has 0 spiro atoms. The fraction of sp³-hybridized carbons (Fsp3) is 0.588. The van der Waals surface area contributed by atoms with E-state index < -0.39 is 42.8 Å². The topological polar surface area (TPSA) is 49.8 Å². The van der Waals surface area contributed by atoms with Crippen LogP contribution in [-0.4, -0.2) is 40.0 Å². The van der Waals surface area contributed by atoms with E-state index in [1.807, 2.05) is 30.3 Å². The lowest BCUT2D eigenvalue weighted by molar-refractivity contribution is -0.284. The van der Waals surface area contributed by atoms with Gasteiger partial charge < -0.3 is 14.7 Å². The van der Waals surface area contributed by atoms with Crippen LogP contribution in [0.15, 0.2) is 30.3 Å². The van der Waals surface area contributed by atoms with Gasteiger partial charge in [0, 0.05) is 24.9 Å². The van der Waals surface area contributed by atoms with Crippen LogP contribution < -0.4 is 0 Å². The molecule has 3 rings (SSSR count). The highest BCUT2D eigenvalue weighted by Crippen LogP contribution is 2.46. The van der Waals surface area contributed by atoms with Crippen LogP contribution in [0.25, 0.3) is 0 Å². The summed E-state index contributed by atoms with van der Waals surface area (Å²) in [5, 5.41) is 10.0. The number of hydrogen-bond acceptors (Lipinski definition) is 3. The Labute approximate surface area is 138 Å². The number of alkyl halides is 3. The second kappa shape index (κ2) is 6.27. The van der Waals surface area contributed by atoms with E-state index in [0.717, 1.165) is 12.0 Å². The fourth-order valence-electron chi connectivity index (χ4n) is 3.75. The maximum absolute atomic E-state index is 13.1. The molecule has 2 bridgehead atoms. The zero-order chi connectivity index (χ0) is 17.4. The summed E-state index contributed by atoms with van der Waals surface area (Å²) >= 11 is 0. The van der Waals surface area contributed by atoms with Crippen LogP contribution in [0.1, 0.15) is 37.7 Å². The highest BCUT2D eigenvalue weighted by molar-refractivity contribution is 5.69. The molecule has 1 amide bonds. The van der Waals surface area contributed by atoms with Crippen LogP contribution in [0.5, 0.6) is 0 Å². The summed E-state index contributed by atoms with van der Waals surface area (Å²) in [5.41, 5.74) is -1.89. The molecule has 2 saturated heterocycles. The van der Waals surface area contributed by atoms with Crippen LogP contribution >= 0.6 is 0 Å². The molecule has 132 valence electrons. The molecule has 7 heteroatoms. The van der Waals surface area contributed by atoms with Crippen molar-refractivity contribution in [3.8, 4) is 0 Å². The maximum atomic E-state index is 13.1. The Morgan fingerprint density at radius 3 is 2.33 bits per heavy atom. The minimum absolute atomic E-state index is 0.0825. The number of piperidine rings is 2. The van der Waals surface area contributed by atoms with Crippen LogP contribution in [0.3, 0.4) is 0 Å². The van der Waals surface area contributed by atoms with Gasteiger partial charge in [0.05, 0.1) is 0 Å². The molecule has 0 aliphatic carbocycles. The van der Waals surface area contributed by atoms with E-state index >= 15 is 0 Å². The lowest BCUT2D eigenvalue weighted by Crippen LogP contribution is -2.63. The predicted octanol–water partition coefficient (Wildman–Crippen LogP) is 3.63. The van der Waals surface area contributed by atoms with Crippen molar-refractivity contribution in [2.45, 2.75) is 62.6 Å². The zero-order valence-electron chi connectivity index (χ0n) is 13.1. The summed E-state index contributed by atoms with van der Waals surface area (Å²) in [4.78, 5) is 13.8. The quantitative estimate of drug-likeness (QED) is 0.892. The molecule has 1 aromatic carbocycles. The summed E-state index contributed by atoms with van der Waals surface area (Å²) in [7, 11) is 0. The summed E-state index contributed by atoms with van der Waals surface area (Å²) in [6.45, 7) is 0.0825. The number of fused-ring (bicyclic) bond motifs is 2. The van der Waals surface area contributed by atoms with Crippen molar-refractivity contribution in [3.05, 3.63) is 35.9 Å². The van der Waals surface area contributed by atoms with Gasteiger partial charge in [-0.25, -0.2) is 4.79 Å². The second-order valence-corrected chi connectivity index (χ2v) is 6.62. The number of ether oxygens (including phenoxy) is 1. The van der Waals surface area contributed by atoms with Crippen molar-refractivity contribution in [3.63, 3.8) is 0 Å². The molecule has 2 atom stereocenters. The van der Waals surface area contributed by atoms with Crippen molar-refractivity contribution >= 4 is 6.09 Å². The van der Waals surface area contributed by atoms with E-state index in [4.69, 9.17) is 4.74 Å². The number of aliphatic hydroxyl groups is 1. The molecule has 2 heterocycles. The molecule has 2 aliphatic rings. The van der Waals surface area contributed by atoms with Crippen molar-refractivity contribution in [1.82, 2.24) is 4.90 Å². The molecule has 0 aromatic heterocycles. The molecular formula is C17H20F3NO3. The number of carbonyl (C=O) groups excluding carboxylic acids is 1. The standard InChI is InChI=1S/C17H20F3NO3/c18-17(19,20)16(23)9-13-7-4-8-14(10-16)21(13)15(22)24-11-12-5-2-1-3-6-12/h1-3,5-6,13-14,23H,4,7-11H2. The molecule has 1 aromatic rings. The molecule has 4 nitrogen and oxygen atoms in total. The van der Waals surface area contributed by atoms with Gasteiger partial charge in [0.15, 0.2) is 5.60 Å². The van der Waals surface area contributed by atoms with Crippen molar-refractivity contribution in [1.29, 1.82) is 0 Å². The number of amides is 1. The maximum Gasteiger partial charge on any atom is 0.417 e. The Bertz CT molecular complexity index is 576. The van der Waals surface area contributed by atoms with E-state index in [9.17, 15) is 23.1 Å². The first kappa shape index (κ1) is 17.1. The minimum atomic E-state index is -4.68. The van der Waals surface area contributed by atoms with Gasteiger partial charge in [-0.2, -0.15) is 13.2 Å². The van der Waals surface area contributed by atoms with Crippen LogP contribution in [0.4, 0.5) is 18.0 Å². The summed E-state index contributed by atoms with van der Waals surface area (Å²) < 4.78 is 44.7. The Balaban J connectivity index is 1.69. The van der Waals surface area contributed by atoms with Gasteiger partial charge in [-0.05, 0) is 24.8 Å². The molecule has 2 fully saturated rings. The average Bonchev–Trinajstić information content (AvgIpc) is 2.52. The third-order valence-electron chi connectivity index (χ3n) is 4.95. The van der Waals surface area contributed by atoms with Gasteiger partial charge in [-0.1, -0.05) is 30.3 Å². The summed E-state index contributed by atoms with van der Waals surface area (Å²) in [6, 6.07) is 7.85. The lowest BCUT2D eigenvalue weighted by Gasteiger charge is -2.51. The molecule has 24 heavy (non-hydrogen) atoms. The van der Waals surface area contributed by atoms with Crippen LogP contribution in [0.2, 0.25) is 0 Å². The Hall–Kier alpha value is -1.76. The Morgan fingerprint density at radius 2 is 1.79 bits per heavy atom. The van der Waals surface area contributed by atoms with Crippen molar-refractivity contribution in [2.75, 3.05) is 0 Å². The molecule has 2 unspecified atom stereocenters. The SMILES string of the molecule is O=C(OCc1ccccc1)N1C2CCCC1CC(O)(C(F)(F)F)C2. The summed E-state index contributed by atoms with van der Waals surface area (Å²) in [5.74, 6) is 0. The minimum Gasteiger partial charge on any atom is -0.445 e. The second-order valence-electron chi connectivity index (χ2n) is 6.62. The monoisotopic (exact) mass is 343 g/mol. The normalized spacial score (nSPS) is 30.1. The van der Waals surface area contributed by atoms with E-state index in [-0.39, 0.29) is 6.61 Å². The van der Waals surface area contributed by atoms with Crippen molar-refractivity contribution in [2.24, 2.45) is 0 Å². The number of hydrogen-bond donors (Lipinski definition) is 1. The smallest absolute Gasteiger partial charge is 0.417 e. The van der Waals surface area contributed by atoms with E-state index in [2.05, 4.69) is 0 Å². The Kier molecular flexibility index (Phi) is 4.46. The van der Waals surface area contributed by atoms with Crippen LogP contribution in [0, 0.1) is 0 Å². The average molecular weight is 343 g/mol. The number of rotatable bonds is 2. The van der Waals surface area contributed by atoms with Gasteiger partial charge in [0.1, 0.15) is 6.61 Å². The number of nitrogens with zero attached hydrogens (tertiary/aromatic N) is 1. The van der Waals surface area contributed by atoms with Gasteiger partial charge >= 0.3 is 12.3 Å². The van der Waals surface area contributed by atoms with Crippen molar-refractivity contribution < 1.29 is 27.8 Å². The highest BCUT2D eigenvalue weighted by Gasteiger charge is 2.60. The third kappa shape index (κ3) is 3.22.